The summed E-state index contributed by atoms with van der Waals surface area (Å²) in [6.07, 6.45) is 6.63. The van der Waals surface area contributed by atoms with Crippen LogP contribution in [-0.4, -0.2) is 20.2 Å². The van der Waals surface area contributed by atoms with Gasteiger partial charge in [-0.3, -0.25) is 0 Å². The topological polar surface area (TPSA) is 21.3 Å². The third-order valence-electron chi connectivity index (χ3n) is 4.45. The van der Waals surface area contributed by atoms with Crippen LogP contribution in [0.15, 0.2) is 22.7 Å². The molecule has 2 unspecified atom stereocenters. The largest absolute Gasteiger partial charge is 0.496 e. The quantitative estimate of drug-likeness (QED) is 0.828. The second kappa shape index (κ2) is 8.04. The molecule has 2 nitrogen and oxygen atoms in total. The van der Waals surface area contributed by atoms with E-state index in [1.807, 2.05) is 0 Å². The number of hydrogen-bond donors (Lipinski definition) is 1. The molecular weight excluding hydrogens is 314 g/mol. The van der Waals surface area contributed by atoms with Crippen molar-refractivity contribution in [3.05, 3.63) is 28.2 Å². The molecule has 1 aromatic carbocycles. The highest BCUT2D eigenvalue weighted by atomic mass is 79.9. The fourth-order valence-electron chi connectivity index (χ4n) is 3.34. The maximum absolute atomic E-state index is 5.52. The zero-order valence-electron chi connectivity index (χ0n) is 12.6. The number of hydrogen-bond acceptors (Lipinski definition) is 2. The van der Waals surface area contributed by atoms with E-state index in [-0.39, 0.29) is 0 Å². The van der Waals surface area contributed by atoms with Crippen molar-refractivity contribution in [3.63, 3.8) is 0 Å². The van der Waals surface area contributed by atoms with Gasteiger partial charge in [0.15, 0.2) is 0 Å². The predicted molar refractivity (Wildman–Crippen MR) is 88.4 cm³/mol. The molecule has 0 aromatic heterocycles. The van der Waals surface area contributed by atoms with E-state index < -0.39 is 0 Å². The van der Waals surface area contributed by atoms with Crippen LogP contribution in [0.5, 0.6) is 5.75 Å². The Bertz CT molecular complexity index is 421. The zero-order chi connectivity index (χ0) is 14.4. The van der Waals surface area contributed by atoms with Crippen molar-refractivity contribution in [2.45, 2.75) is 39.0 Å². The van der Waals surface area contributed by atoms with Crippen molar-refractivity contribution in [2.75, 3.05) is 20.2 Å². The van der Waals surface area contributed by atoms with E-state index in [9.17, 15) is 0 Å². The van der Waals surface area contributed by atoms with E-state index in [0.29, 0.717) is 0 Å². The predicted octanol–water partition coefficient (Wildman–Crippen LogP) is 4.42. The Hall–Kier alpha value is -0.540. The molecule has 2 atom stereocenters. The van der Waals surface area contributed by atoms with Gasteiger partial charge in [-0.15, -0.1) is 0 Å². The van der Waals surface area contributed by atoms with Crippen LogP contribution in [0.25, 0.3) is 0 Å². The summed E-state index contributed by atoms with van der Waals surface area (Å²) in [7, 11) is 1.77. The zero-order valence-corrected chi connectivity index (χ0v) is 14.2. The van der Waals surface area contributed by atoms with Gasteiger partial charge in [0.05, 0.1) is 7.11 Å². The monoisotopic (exact) mass is 339 g/mol. The number of nitrogens with one attached hydrogen (secondary N) is 1. The molecule has 20 heavy (non-hydrogen) atoms. The van der Waals surface area contributed by atoms with Gasteiger partial charge in [-0.25, -0.2) is 0 Å². The van der Waals surface area contributed by atoms with Crippen LogP contribution in [0.3, 0.4) is 0 Å². The van der Waals surface area contributed by atoms with Crippen molar-refractivity contribution < 1.29 is 4.74 Å². The first-order valence-electron chi connectivity index (χ1n) is 7.77. The molecule has 1 aliphatic rings. The summed E-state index contributed by atoms with van der Waals surface area (Å²) >= 11 is 3.58. The van der Waals surface area contributed by atoms with Crippen LogP contribution in [0, 0.1) is 11.8 Å². The van der Waals surface area contributed by atoms with Crippen LogP contribution in [-0.2, 0) is 6.42 Å². The van der Waals surface area contributed by atoms with Crippen molar-refractivity contribution in [1.82, 2.24) is 5.32 Å². The van der Waals surface area contributed by atoms with Gasteiger partial charge in [0.25, 0.3) is 0 Å². The Morgan fingerprint density at radius 3 is 2.70 bits per heavy atom. The van der Waals surface area contributed by atoms with E-state index in [2.05, 4.69) is 46.4 Å². The molecule has 1 aromatic rings. The molecule has 1 fully saturated rings. The van der Waals surface area contributed by atoms with Crippen LogP contribution in [0.2, 0.25) is 0 Å². The molecule has 1 N–H and O–H groups in total. The molecule has 3 heteroatoms. The highest BCUT2D eigenvalue weighted by molar-refractivity contribution is 9.10. The molecule has 1 aliphatic carbocycles. The molecule has 0 saturated heterocycles. The molecule has 0 bridgehead atoms. The van der Waals surface area contributed by atoms with Crippen LogP contribution < -0.4 is 10.1 Å². The molecule has 0 heterocycles. The minimum Gasteiger partial charge on any atom is -0.496 e. The highest BCUT2D eigenvalue weighted by Gasteiger charge is 2.25. The molecule has 0 spiro atoms. The van der Waals surface area contributed by atoms with Crippen LogP contribution >= 0.6 is 15.9 Å². The summed E-state index contributed by atoms with van der Waals surface area (Å²) < 4.78 is 6.67. The summed E-state index contributed by atoms with van der Waals surface area (Å²) in [6.45, 7) is 4.43. The fourth-order valence-corrected chi connectivity index (χ4v) is 3.75. The van der Waals surface area contributed by atoms with Gasteiger partial charge in [-0.1, -0.05) is 35.7 Å². The van der Waals surface area contributed by atoms with Crippen molar-refractivity contribution >= 4 is 15.9 Å². The van der Waals surface area contributed by atoms with Crippen molar-refractivity contribution in [3.8, 4) is 5.75 Å². The maximum Gasteiger partial charge on any atom is 0.122 e. The second-order valence-corrected chi connectivity index (χ2v) is 6.69. The summed E-state index contributed by atoms with van der Waals surface area (Å²) in [6, 6.07) is 6.35. The smallest absolute Gasteiger partial charge is 0.122 e. The van der Waals surface area contributed by atoms with Gasteiger partial charge in [0.2, 0.25) is 0 Å². The Labute approximate surface area is 131 Å². The minimum atomic E-state index is 0.783. The second-order valence-electron chi connectivity index (χ2n) is 5.77. The molecule has 0 amide bonds. The van der Waals surface area contributed by atoms with Gasteiger partial charge >= 0.3 is 0 Å². The average Bonchev–Trinajstić information content (AvgIpc) is 2.47. The first-order valence-corrected chi connectivity index (χ1v) is 8.57. The van der Waals surface area contributed by atoms with E-state index in [1.54, 1.807) is 7.11 Å². The van der Waals surface area contributed by atoms with E-state index in [4.69, 9.17) is 4.74 Å². The van der Waals surface area contributed by atoms with E-state index >= 15 is 0 Å². The summed E-state index contributed by atoms with van der Waals surface area (Å²) in [5.74, 6) is 2.62. The average molecular weight is 340 g/mol. The summed E-state index contributed by atoms with van der Waals surface area (Å²) in [5.41, 5.74) is 1.34. The number of rotatable bonds is 6. The lowest BCUT2D eigenvalue weighted by atomic mass is 9.76. The molecular formula is C17H26BrNO. The number of benzene rings is 1. The van der Waals surface area contributed by atoms with E-state index in [0.717, 1.165) is 41.6 Å². The molecule has 2 rings (SSSR count). The van der Waals surface area contributed by atoms with Gasteiger partial charge in [0, 0.05) is 4.47 Å². The molecule has 0 radical (unpaired) electrons. The number of halogens is 1. The third-order valence-corrected chi connectivity index (χ3v) is 4.94. The first kappa shape index (κ1) is 15.8. The number of ether oxygens (including phenoxy) is 1. The van der Waals surface area contributed by atoms with Gasteiger partial charge < -0.3 is 10.1 Å². The third kappa shape index (κ3) is 4.23. The van der Waals surface area contributed by atoms with Crippen LogP contribution in [0.1, 0.15) is 38.2 Å². The van der Waals surface area contributed by atoms with Gasteiger partial charge in [0.1, 0.15) is 5.75 Å². The standard InChI is InChI=1S/C17H26BrNO/c1-3-19-12-14-7-5-4-6-13(14)10-15-11-16(18)8-9-17(15)20-2/h8-9,11,13-14,19H,3-7,10,12H2,1-2H3. The lowest BCUT2D eigenvalue weighted by molar-refractivity contribution is 0.228. The Morgan fingerprint density at radius 1 is 1.25 bits per heavy atom. The Kier molecular flexibility index (Phi) is 6.37. The minimum absolute atomic E-state index is 0.783. The number of methoxy groups -OCH3 is 1. The van der Waals surface area contributed by atoms with Crippen molar-refractivity contribution in [1.29, 1.82) is 0 Å². The SMILES string of the molecule is CCNCC1CCCCC1Cc1cc(Br)ccc1OC. The fraction of sp³-hybridized carbons (Fsp3) is 0.647. The first-order chi connectivity index (χ1) is 9.74. The lowest BCUT2D eigenvalue weighted by Gasteiger charge is -2.32. The van der Waals surface area contributed by atoms with Gasteiger partial charge in [-0.2, -0.15) is 0 Å². The lowest BCUT2D eigenvalue weighted by Crippen LogP contribution is -2.31. The molecule has 0 aliphatic heterocycles. The Morgan fingerprint density at radius 2 is 2.00 bits per heavy atom. The highest BCUT2D eigenvalue weighted by Crippen LogP contribution is 2.35. The Balaban J connectivity index is 2.07. The summed E-state index contributed by atoms with van der Waals surface area (Å²) in [4.78, 5) is 0. The van der Waals surface area contributed by atoms with Gasteiger partial charge in [-0.05, 0) is 68.0 Å². The molecule has 112 valence electrons. The molecule has 1 saturated carbocycles. The van der Waals surface area contributed by atoms with Crippen LogP contribution in [0.4, 0.5) is 0 Å². The normalized spacial score (nSPS) is 22.8. The summed E-state index contributed by atoms with van der Waals surface area (Å²) in [5, 5.41) is 3.53. The van der Waals surface area contributed by atoms with Crippen molar-refractivity contribution in [2.24, 2.45) is 11.8 Å². The van der Waals surface area contributed by atoms with E-state index in [1.165, 1.54) is 31.2 Å². The maximum atomic E-state index is 5.52.